The lowest BCUT2D eigenvalue weighted by Crippen LogP contribution is -2.38. The summed E-state index contributed by atoms with van der Waals surface area (Å²) in [5.74, 6) is 0.603. The smallest absolute Gasteiger partial charge is 0.220 e. The van der Waals surface area contributed by atoms with Crippen LogP contribution in [0.15, 0.2) is 0 Å². The number of hydrogen-bond donors (Lipinski definition) is 3. The molecule has 1 unspecified atom stereocenters. The highest BCUT2D eigenvalue weighted by molar-refractivity contribution is 5.78. The Labute approximate surface area is 103 Å². The summed E-state index contributed by atoms with van der Waals surface area (Å²) in [4.78, 5) is 22.6. The monoisotopic (exact) mass is 241 g/mol. The van der Waals surface area contributed by atoms with Crippen LogP contribution < -0.4 is 16.4 Å². The van der Waals surface area contributed by atoms with Crippen molar-refractivity contribution < 1.29 is 9.59 Å². The second-order valence-corrected chi connectivity index (χ2v) is 4.61. The summed E-state index contributed by atoms with van der Waals surface area (Å²) in [6.45, 7) is 3.08. The van der Waals surface area contributed by atoms with Crippen molar-refractivity contribution in [2.24, 2.45) is 11.7 Å². The van der Waals surface area contributed by atoms with Gasteiger partial charge >= 0.3 is 0 Å². The van der Waals surface area contributed by atoms with E-state index >= 15 is 0 Å². The number of nitrogens with two attached hydrogens (primary N) is 1. The Balaban J connectivity index is 1.98. The van der Waals surface area contributed by atoms with Gasteiger partial charge in [0.15, 0.2) is 0 Å². The van der Waals surface area contributed by atoms with E-state index in [0.717, 1.165) is 0 Å². The molecule has 1 aliphatic carbocycles. The summed E-state index contributed by atoms with van der Waals surface area (Å²) in [6.07, 6.45) is 3.78. The van der Waals surface area contributed by atoms with Gasteiger partial charge in [-0.2, -0.15) is 0 Å². The van der Waals surface area contributed by atoms with Crippen molar-refractivity contribution in [1.29, 1.82) is 0 Å². The Morgan fingerprint density at radius 1 is 1.24 bits per heavy atom. The standard InChI is InChI=1S/C12H23N3O2/c1-2-14-11(16)4-3-5-12(17)15-8-10(13)9-6-7-9/h9-10H,2-8,13H2,1H3,(H,14,16)(H,15,17). The van der Waals surface area contributed by atoms with E-state index in [-0.39, 0.29) is 17.9 Å². The van der Waals surface area contributed by atoms with E-state index < -0.39 is 0 Å². The van der Waals surface area contributed by atoms with Crippen LogP contribution in [0.4, 0.5) is 0 Å². The fourth-order valence-electron chi connectivity index (χ4n) is 1.71. The van der Waals surface area contributed by atoms with Crippen LogP contribution in [0.1, 0.15) is 39.0 Å². The highest BCUT2D eigenvalue weighted by Gasteiger charge is 2.28. The molecule has 1 fully saturated rings. The van der Waals surface area contributed by atoms with E-state index in [0.29, 0.717) is 38.3 Å². The first-order valence-electron chi connectivity index (χ1n) is 6.42. The lowest BCUT2D eigenvalue weighted by Gasteiger charge is -2.11. The summed E-state index contributed by atoms with van der Waals surface area (Å²) >= 11 is 0. The molecule has 0 aromatic carbocycles. The molecular weight excluding hydrogens is 218 g/mol. The van der Waals surface area contributed by atoms with Gasteiger partial charge in [0.1, 0.15) is 0 Å². The van der Waals surface area contributed by atoms with E-state index in [1.807, 2.05) is 6.92 Å². The van der Waals surface area contributed by atoms with Crippen molar-refractivity contribution >= 4 is 11.8 Å². The third kappa shape index (κ3) is 6.26. The Morgan fingerprint density at radius 3 is 2.35 bits per heavy atom. The summed E-state index contributed by atoms with van der Waals surface area (Å²) in [7, 11) is 0. The maximum absolute atomic E-state index is 11.4. The summed E-state index contributed by atoms with van der Waals surface area (Å²) in [6, 6.07) is 0.0994. The van der Waals surface area contributed by atoms with Gasteiger partial charge in [-0.1, -0.05) is 0 Å². The SMILES string of the molecule is CCNC(=O)CCCC(=O)NCC(N)C1CC1. The van der Waals surface area contributed by atoms with E-state index in [1.165, 1.54) is 12.8 Å². The topological polar surface area (TPSA) is 84.2 Å². The molecular formula is C12H23N3O2. The third-order valence-corrected chi connectivity index (χ3v) is 2.94. The minimum Gasteiger partial charge on any atom is -0.356 e. The Hall–Kier alpha value is -1.10. The van der Waals surface area contributed by atoms with Crippen LogP contribution in [0.25, 0.3) is 0 Å². The summed E-state index contributed by atoms with van der Waals surface area (Å²) in [5.41, 5.74) is 5.86. The predicted octanol–water partition coefficient (Wildman–Crippen LogP) is 0.146. The summed E-state index contributed by atoms with van der Waals surface area (Å²) in [5, 5.41) is 5.52. The number of hydrogen-bond acceptors (Lipinski definition) is 3. The van der Waals surface area contributed by atoms with Crippen LogP contribution in [0.2, 0.25) is 0 Å². The summed E-state index contributed by atoms with van der Waals surface area (Å²) < 4.78 is 0. The number of carbonyl (C=O) groups excluding carboxylic acids is 2. The lowest BCUT2D eigenvalue weighted by atomic mass is 10.2. The fraction of sp³-hybridized carbons (Fsp3) is 0.833. The highest BCUT2D eigenvalue weighted by Crippen LogP contribution is 2.31. The number of carbonyl (C=O) groups is 2. The molecule has 2 amide bonds. The van der Waals surface area contributed by atoms with E-state index in [1.54, 1.807) is 0 Å². The molecule has 0 radical (unpaired) electrons. The average molecular weight is 241 g/mol. The van der Waals surface area contributed by atoms with Crippen molar-refractivity contribution in [3.05, 3.63) is 0 Å². The largest absolute Gasteiger partial charge is 0.356 e. The zero-order chi connectivity index (χ0) is 12.7. The highest BCUT2D eigenvalue weighted by atomic mass is 16.2. The Kier molecular flexibility index (Phi) is 5.97. The molecule has 0 spiro atoms. The zero-order valence-corrected chi connectivity index (χ0v) is 10.5. The zero-order valence-electron chi connectivity index (χ0n) is 10.5. The maximum atomic E-state index is 11.4. The van der Waals surface area contributed by atoms with Crippen molar-refractivity contribution in [2.45, 2.75) is 45.1 Å². The minimum absolute atomic E-state index is 0.00889. The lowest BCUT2D eigenvalue weighted by molar-refractivity contribution is -0.122. The first kappa shape index (κ1) is 14.0. The first-order chi connectivity index (χ1) is 8.13. The number of rotatable bonds is 8. The molecule has 1 aliphatic rings. The molecule has 0 aliphatic heterocycles. The van der Waals surface area contributed by atoms with Crippen molar-refractivity contribution in [3.8, 4) is 0 Å². The Bertz CT molecular complexity index is 264. The predicted molar refractivity (Wildman–Crippen MR) is 66.2 cm³/mol. The Morgan fingerprint density at radius 2 is 1.82 bits per heavy atom. The van der Waals surface area contributed by atoms with Gasteiger partial charge in [-0.15, -0.1) is 0 Å². The van der Waals surface area contributed by atoms with Crippen LogP contribution in [-0.2, 0) is 9.59 Å². The third-order valence-electron chi connectivity index (χ3n) is 2.94. The van der Waals surface area contributed by atoms with Crippen LogP contribution in [-0.4, -0.2) is 30.9 Å². The van der Waals surface area contributed by atoms with Gasteiger partial charge in [0, 0.05) is 32.0 Å². The van der Waals surface area contributed by atoms with Crippen LogP contribution in [0.3, 0.4) is 0 Å². The second kappa shape index (κ2) is 7.27. The first-order valence-corrected chi connectivity index (χ1v) is 6.42. The van der Waals surface area contributed by atoms with Gasteiger partial charge in [-0.25, -0.2) is 0 Å². The molecule has 5 nitrogen and oxygen atoms in total. The van der Waals surface area contributed by atoms with Crippen molar-refractivity contribution in [3.63, 3.8) is 0 Å². The van der Waals surface area contributed by atoms with Crippen molar-refractivity contribution in [1.82, 2.24) is 10.6 Å². The minimum atomic E-state index is -0.00889. The number of nitrogens with one attached hydrogen (secondary N) is 2. The van der Waals surface area contributed by atoms with Gasteiger partial charge in [0.25, 0.3) is 0 Å². The molecule has 1 atom stereocenters. The molecule has 0 aromatic rings. The molecule has 1 saturated carbocycles. The van der Waals surface area contributed by atoms with E-state index in [2.05, 4.69) is 10.6 Å². The molecule has 0 aromatic heterocycles. The molecule has 17 heavy (non-hydrogen) atoms. The molecule has 1 rings (SSSR count). The molecule has 5 heteroatoms. The van der Waals surface area contributed by atoms with Crippen LogP contribution in [0.5, 0.6) is 0 Å². The van der Waals surface area contributed by atoms with Crippen molar-refractivity contribution in [2.75, 3.05) is 13.1 Å². The van der Waals surface area contributed by atoms with Gasteiger partial charge in [-0.05, 0) is 32.1 Å². The second-order valence-electron chi connectivity index (χ2n) is 4.61. The van der Waals surface area contributed by atoms with E-state index in [4.69, 9.17) is 5.73 Å². The number of amides is 2. The van der Waals surface area contributed by atoms with Crippen LogP contribution >= 0.6 is 0 Å². The van der Waals surface area contributed by atoms with Gasteiger partial charge < -0.3 is 16.4 Å². The van der Waals surface area contributed by atoms with Gasteiger partial charge in [0.2, 0.25) is 11.8 Å². The van der Waals surface area contributed by atoms with E-state index in [9.17, 15) is 9.59 Å². The molecule has 0 bridgehead atoms. The molecule has 4 N–H and O–H groups in total. The maximum Gasteiger partial charge on any atom is 0.220 e. The normalized spacial score (nSPS) is 16.4. The molecule has 0 saturated heterocycles. The van der Waals surface area contributed by atoms with Gasteiger partial charge in [-0.3, -0.25) is 9.59 Å². The molecule has 0 heterocycles. The van der Waals surface area contributed by atoms with Gasteiger partial charge in [0.05, 0.1) is 0 Å². The fourth-order valence-corrected chi connectivity index (χ4v) is 1.71. The quantitative estimate of drug-likeness (QED) is 0.565. The average Bonchev–Trinajstić information content (AvgIpc) is 3.10. The molecule has 98 valence electrons. The van der Waals surface area contributed by atoms with Crippen LogP contribution in [0, 0.1) is 5.92 Å².